The SMILES string of the molecule is CC[C@@H]1C=C[C@@H]2c3c(c4c(OC)cccc4n3S(=O)(=O)c3ccc(C)cc3)CCN2C1. The standard InChI is InChI=1S/C25H28N2O3S/c1-4-18-10-13-22-25-20(14-15-26(22)16-18)24-21(6-5-7-23(24)30-3)27(25)31(28,29)19-11-8-17(2)9-12-19/h5-13,18,22H,4,14-16H2,1-3H3/t18-,22-/m1/s1. The average molecular weight is 437 g/mol. The van der Waals surface area contributed by atoms with Crippen molar-refractivity contribution in [3.05, 3.63) is 71.4 Å². The number of nitrogens with zero attached hydrogens (tertiary/aromatic N) is 2. The van der Waals surface area contributed by atoms with Gasteiger partial charge in [0.25, 0.3) is 10.0 Å². The van der Waals surface area contributed by atoms with Gasteiger partial charge in [-0.25, -0.2) is 12.4 Å². The molecule has 1 aromatic heterocycles. The quantitative estimate of drug-likeness (QED) is 0.557. The van der Waals surface area contributed by atoms with E-state index in [0.717, 1.165) is 53.9 Å². The Balaban J connectivity index is 1.82. The van der Waals surface area contributed by atoms with Gasteiger partial charge in [0.1, 0.15) is 5.75 Å². The molecular weight excluding hydrogens is 408 g/mol. The molecule has 0 aliphatic carbocycles. The molecular formula is C25H28N2O3S. The van der Waals surface area contributed by atoms with Gasteiger partial charge in [-0.1, -0.05) is 42.8 Å². The fourth-order valence-corrected chi connectivity index (χ4v) is 6.62. The largest absolute Gasteiger partial charge is 0.496 e. The van der Waals surface area contributed by atoms with Gasteiger partial charge >= 0.3 is 0 Å². The molecule has 0 bridgehead atoms. The molecule has 0 unspecified atom stereocenters. The number of fused-ring (bicyclic) bond motifs is 5. The van der Waals surface area contributed by atoms with E-state index in [9.17, 15) is 8.42 Å². The number of benzene rings is 2. The minimum absolute atomic E-state index is 0.0520. The van der Waals surface area contributed by atoms with Crippen LogP contribution in [0.2, 0.25) is 0 Å². The van der Waals surface area contributed by atoms with Crippen molar-refractivity contribution in [1.29, 1.82) is 0 Å². The van der Waals surface area contributed by atoms with Crippen LogP contribution >= 0.6 is 0 Å². The van der Waals surface area contributed by atoms with Crippen LogP contribution < -0.4 is 4.74 Å². The molecule has 0 fully saturated rings. The van der Waals surface area contributed by atoms with Crippen LogP contribution in [0.25, 0.3) is 10.9 Å². The zero-order valence-electron chi connectivity index (χ0n) is 18.2. The van der Waals surface area contributed by atoms with Crippen LogP contribution in [0.15, 0.2) is 59.5 Å². The predicted molar refractivity (Wildman–Crippen MR) is 123 cm³/mol. The van der Waals surface area contributed by atoms with Crippen molar-refractivity contribution in [2.75, 3.05) is 20.2 Å². The Bertz CT molecular complexity index is 1270. The topological polar surface area (TPSA) is 51.5 Å². The van der Waals surface area contributed by atoms with Crippen LogP contribution in [0.1, 0.15) is 36.2 Å². The van der Waals surface area contributed by atoms with Crippen molar-refractivity contribution in [1.82, 2.24) is 8.87 Å². The highest BCUT2D eigenvalue weighted by Crippen LogP contribution is 2.44. The Labute approximate surface area is 184 Å². The highest BCUT2D eigenvalue weighted by molar-refractivity contribution is 7.90. The summed E-state index contributed by atoms with van der Waals surface area (Å²) in [5.41, 5.74) is 3.67. The summed E-state index contributed by atoms with van der Waals surface area (Å²) in [5.74, 6) is 1.24. The molecule has 0 N–H and O–H groups in total. The second-order valence-electron chi connectivity index (χ2n) is 8.54. The van der Waals surface area contributed by atoms with E-state index in [-0.39, 0.29) is 6.04 Å². The van der Waals surface area contributed by atoms with Crippen molar-refractivity contribution < 1.29 is 13.2 Å². The Morgan fingerprint density at radius 1 is 1.10 bits per heavy atom. The molecule has 0 saturated heterocycles. The van der Waals surface area contributed by atoms with Crippen molar-refractivity contribution >= 4 is 20.9 Å². The van der Waals surface area contributed by atoms with Crippen molar-refractivity contribution in [2.24, 2.45) is 5.92 Å². The highest BCUT2D eigenvalue weighted by Gasteiger charge is 2.38. The number of aromatic nitrogens is 1. The van der Waals surface area contributed by atoms with Crippen molar-refractivity contribution in [3.8, 4) is 5.75 Å². The molecule has 6 heteroatoms. The van der Waals surface area contributed by atoms with E-state index in [4.69, 9.17) is 4.74 Å². The average Bonchev–Trinajstić information content (AvgIpc) is 3.14. The molecule has 0 amide bonds. The molecule has 2 aromatic carbocycles. The molecule has 0 radical (unpaired) electrons. The number of methoxy groups -OCH3 is 1. The first-order valence-electron chi connectivity index (χ1n) is 10.9. The van der Waals surface area contributed by atoms with Crippen molar-refractivity contribution in [3.63, 3.8) is 0 Å². The first-order valence-corrected chi connectivity index (χ1v) is 12.3. The number of hydrogen-bond acceptors (Lipinski definition) is 4. The predicted octanol–water partition coefficient (Wildman–Crippen LogP) is 4.69. The minimum atomic E-state index is -3.77. The van der Waals surface area contributed by atoms with Crippen LogP contribution in [-0.4, -0.2) is 37.5 Å². The maximum absolute atomic E-state index is 14.0. The zero-order valence-corrected chi connectivity index (χ0v) is 19.0. The fraction of sp³-hybridized carbons (Fsp3) is 0.360. The Morgan fingerprint density at radius 3 is 2.58 bits per heavy atom. The van der Waals surface area contributed by atoms with Gasteiger partial charge < -0.3 is 4.74 Å². The van der Waals surface area contributed by atoms with Gasteiger partial charge in [-0.05, 0) is 55.5 Å². The zero-order chi connectivity index (χ0) is 21.8. The molecule has 5 rings (SSSR count). The molecule has 2 aliphatic heterocycles. The third-order valence-corrected chi connectivity index (χ3v) is 8.46. The lowest BCUT2D eigenvalue weighted by Crippen LogP contribution is -2.41. The second kappa shape index (κ2) is 7.53. The molecule has 3 heterocycles. The van der Waals surface area contributed by atoms with Crippen LogP contribution in [0, 0.1) is 12.8 Å². The number of hydrogen-bond donors (Lipinski definition) is 0. The number of aryl methyl sites for hydroxylation is 1. The van der Waals surface area contributed by atoms with Crippen LogP contribution in [0.4, 0.5) is 0 Å². The first-order chi connectivity index (χ1) is 15.0. The van der Waals surface area contributed by atoms with Gasteiger partial charge in [-0.15, -0.1) is 0 Å². The smallest absolute Gasteiger partial charge is 0.268 e. The summed E-state index contributed by atoms with van der Waals surface area (Å²) in [5, 5.41) is 0.918. The van der Waals surface area contributed by atoms with Crippen LogP contribution in [0.5, 0.6) is 5.75 Å². The molecule has 0 saturated carbocycles. The molecule has 0 spiro atoms. The first kappa shape index (κ1) is 20.3. The van der Waals surface area contributed by atoms with Crippen molar-refractivity contribution in [2.45, 2.75) is 37.6 Å². The summed E-state index contributed by atoms with van der Waals surface area (Å²) >= 11 is 0. The maximum Gasteiger partial charge on any atom is 0.268 e. The van der Waals surface area contributed by atoms with Crippen LogP contribution in [0.3, 0.4) is 0 Å². The number of ether oxygens (including phenoxy) is 1. The molecule has 31 heavy (non-hydrogen) atoms. The normalized spacial score (nSPS) is 21.1. The van der Waals surface area contributed by atoms with Gasteiger partial charge in [-0.2, -0.15) is 0 Å². The highest BCUT2D eigenvalue weighted by atomic mass is 32.2. The van der Waals surface area contributed by atoms with E-state index in [0.29, 0.717) is 16.3 Å². The van der Waals surface area contributed by atoms with Crippen LogP contribution in [-0.2, 0) is 16.4 Å². The summed E-state index contributed by atoms with van der Waals surface area (Å²) in [6.45, 7) is 6.04. The van der Waals surface area contributed by atoms with E-state index >= 15 is 0 Å². The molecule has 3 aromatic rings. The van der Waals surface area contributed by atoms with E-state index < -0.39 is 10.0 Å². The van der Waals surface area contributed by atoms with Gasteiger partial charge in [-0.3, -0.25) is 4.90 Å². The lowest BCUT2D eigenvalue weighted by molar-refractivity contribution is 0.179. The molecule has 162 valence electrons. The molecule has 5 nitrogen and oxygen atoms in total. The summed E-state index contributed by atoms with van der Waals surface area (Å²) in [6.07, 6.45) is 6.35. The monoisotopic (exact) mass is 436 g/mol. The van der Waals surface area contributed by atoms with Gasteiger partial charge in [0, 0.05) is 18.5 Å². The summed E-state index contributed by atoms with van der Waals surface area (Å²) < 4.78 is 35.2. The molecule has 2 atom stereocenters. The van der Waals surface area contributed by atoms with E-state index in [1.807, 2.05) is 37.3 Å². The van der Waals surface area contributed by atoms with E-state index in [1.54, 1.807) is 23.2 Å². The maximum atomic E-state index is 14.0. The lowest BCUT2D eigenvalue weighted by Gasteiger charge is -2.39. The molecule has 2 aliphatic rings. The Kier molecular flexibility index (Phi) is 4.94. The van der Waals surface area contributed by atoms with Gasteiger partial charge in [0.05, 0.1) is 29.3 Å². The summed E-state index contributed by atoms with van der Waals surface area (Å²) in [4.78, 5) is 2.73. The third kappa shape index (κ3) is 3.12. The minimum Gasteiger partial charge on any atom is -0.496 e. The Hall–Kier alpha value is -2.57. The summed E-state index contributed by atoms with van der Waals surface area (Å²) in [7, 11) is -2.13. The Morgan fingerprint density at radius 2 is 1.87 bits per heavy atom. The summed E-state index contributed by atoms with van der Waals surface area (Å²) in [6, 6.07) is 12.7. The lowest BCUT2D eigenvalue weighted by atomic mass is 9.90. The van der Waals surface area contributed by atoms with E-state index in [2.05, 4.69) is 24.0 Å². The van der Waals surface area contributed by atoms with E-state index in [1.165, 1.54) is 0 Å². The third-order valence-electron chi connectivity index (χ3n) is 6.71. The van der Waals surface area contributed by atoms with Gasteiger partial charge in [0.15, 0.2) is 0 Å². The second-order valence-corrected chi connectivity index (χ2v) is 10.3. The van der Waals surface area contributed by atoms with Gasteiger partial charge in [0.2, 0.25) is 0 Å². The number of rotatable bonds is 4. The fourth-order valence-electron chi connectivity index (χ4n) is 5.04.